The highest BCUT2D eigenvalue weighted by Crippen LogP contribution is 2.39. The Morgan fingerprint density at radius 3 is 2.26 bits per heavy atom. The molecule has 0 aliphatic carbocycles. The quantitative estimate of drug-likeness (QED) is 0.565. The van der Waals surface area contributed by atoms with Crippen molar-refractivity contribution in [1.82, 2.24) is 0 Å². The van der Waals surface area contributed by atoms with Crippen LogP contribution < -0.4 is 18.9 Å². The summed E-state index contributed by atoms with van der Waals surface area (Å²) in [6.07, 6.45) is 0. The number of rotatable bonds is 9. The summed E-state index contributed by atoms with van der Waals surface area (Å²) in [5, 5.41) is 8.85. The average molecular weight is 317 g/mol. The molecule has 2 aromatic rings. The zero-order valence-electron chi connectivity index (χ0n) is 13.0. The van der Waals surface area contributed by atoms with Gasteiger partial charge in [0.1, 0.15) is 12.4 Å². The molecule has 0 spiro atoms. The third-order valence-electron chi connectivity index (χ3n) is 2.98. The molecule has 1 radical (unpaired) electrons. The van der Waals surface area contributed by atoms with Gasteiger partial charge in [0.15, 0.2) is 24.0 Å². The Hall–Kier alpha value is -2.38. The molecule has 0 aliphatic rings. The first-order valence-electron chi connectivity index (χ1n) is 6.91. The lowest BCUT2D eigenvalue weighted by Crippen LogP contribution is -2.06. The van der Waals surface area contributed by atoms with Crippen LogP contribution in [0, 0.1) is 0 Å². The van der Waals surface area contributed by atoms with Gasteiger partial charge in [0.2, 0.25) is 0 Å². The molecule has 23 heavy (non-hydrogen) atoms. The maximum atomic E-state index is 8.85. The van der Waals surface area contributed by atoms with Gasteiger partial charge in [-0.25, -0.2) is 0 Å². The second kappa shape index (κ2) is 8.92. The Balaban J connectivity index is 2.21. The molecule has 6 nitrogen and oxygen atoms in total. The van der Waals surface area contributed by atoms with E-state index in [1.54, 1.807) is 12.1 Å². The summed E-state index contributed by atoms with van der Waals surface area (Å²) in [6.45, 7) is 0.416. The van der Waals surface area contributed by atoms with E-state index in [0.717, 1.165) is 5.56 Å². The fourth-order valence-corrected chi connectivity index (χ4v) is 1.91. The Bertz CT molecular complexity index is 605. The largest absolute Gasteiger partial charge is 0.569 e. The number of ether oxygens (including phenoxy) is 4. The molecule has 0 heterocycles. The summed E-state index contributed by atoms with van der Waals surface area (Å²) in [5.41, 5.74) is 1.03. The van der Waals surface area contributed by atoms with Crippen LogP contribution in [-0.2, 0) is 11.3 Å². The lowest BCUT2D eigenvalue weighted by atomic mass is 10.2. The first-order valence-corrected chi connectivity index (χ1v) is 6.91. The van der Waals surface area contributed by atoms with Gasteiger partial charge in [-0.3, -0.25) is 0 Å². The second-order valence-electron chi connectivity index (χ2n) is 4.50. The highest BCUT2D eigenvalue weighted by Gasteiger charge is 2.14. The summed E-state index contributed by atoms with van der Waals surface area (Å²) >= 11 is 0. The summed E-state index contributed by atoms with van der Waals surface area (Å²) in [6, 6.07) is 12.9. The zero-order chi connectivity index (χ0) is 16.5. The van der Waals surface area contributed by atoms with Gasteiger partial charge >= 0.3 is 7.69 Å². The van der Waals surface area contributed by atoms with Crippen LogP contribution in [0.4, 0.5) is 0 Å². The van der Waals surface area contributed by atoms with E-state index in [1.165, 1.54) is 14.2 Å². The molecule has 0 aliphatic heterocycles. The summed E-state index contributed by atoms with van der Waals surface area (Å²) in [4.78, 5) is 0. The predicted octanol–water partition coefficient (Wildman–Crippen LogP) is 2.16. The summed E-state index contributed by atoms with van der Waals surface area (Å²) in [5.74, 6) is 1.60. The van der Waals surface area contributed by atoms with Crippen molar-refractivity contribution in [3.63, 3.8) is 0 Å². The van der Waals surface area contributed by atoms with Crippen LogP contribution in [-0.4, -0.2) is 33.7 Å². The Kier molecular flexibility index (Phi) is 6.59. The van der Waals surface area contributed by atoms with E-state index < -0.39 is 0 Å². The van der Waals surface area contributed by atoms with Crippen LogP contribution in [0.5, 0.6) is 23.0 Å². The molecule has 0 bridgehead atoms. The minimum Gasteiger partial charge on any atom is -0.535 e. The molecule has 0 saturated heterocycles. The molecule has 2 rings (SSSR count). The van der Waals surface area contributed by atoms with Crippen LogP contribution in [0.2, 0.25) is 0 Å². The highest BCUT2D eigenvalue weighted by atomic mass is 16.7. The zero-order valence-corrected chi connectivity index (χ0v) is 13.0. The number of benzene rings is 2. The van der Waals surface area contributed by atoms with Crippen molar-refractivity contribution >= 4 is 7.69 Å². The first kappa shape index (κ1) is 17.0. The smallest absolute Gasteiger partial charge is 0.535 e. The van der Waals surface area contributed by atoms with Crippen molar-refractivity contribution in [3.8, 4) is 23.0 Å². The van der Waals surface area contributed by atoms with E-state index in [1.807, 2.05) is 30.3 Å². The van der Waals surface area contributed by atoms with Gasteiger partial charge in [0, 0.05) is 19.2 Å². The molecule has 0 saturated carbocycles. The van der Waals surface area contributed by atoms with Crippen LogP contribution in [0.1, 0.15) is 5.56 Å². The van der Waals surface area contributed by atoms with Crippen molar-refractivity contribution < 1.29 is 28.6 Å². The summed E-state index contributed by atoms with van der Waals surface area (Å²) in [7, 11) is 3.60. The fraction of sp³-hybridized carbons (Fsp3) is 0.250. The normalized spacial score (nSPS) is 10.0. The monoisotopic (exact) mass is 317 g/mol. The van der Waals surface area contributed by atoms with E-state index in [2.05, 4.69) is 0 Å². The fourth-order valence-electron chi connectivity index (χ4n) is 1.91. The number of hydrogen-bond acceptors (Lipinski definition) is 6. The second-order valence-corrected chi connectivity index (χ2v) is 4.50. The molecule has 0 fully saturated rings. The molecule has 0 unspecified atom stereocenters. The van der Waals surface area contributed by atoms with Gasteiger partial charge in [-0.2, -0.15) is 0 Å². The Morgan fingerprint density at radius 2 is 1.61 bits per heavy atom. The van der Waals surface area contributed by atoms with E-state index in [4.69, 9.17) is 28.6 Å². The van der Waals surface area contributed by atoms with E-state index in [-0.39, 0.29) is 12.5 Å². The average Bonchev–Trinajstić information content (AvgIpc) is 2.60. The van der Waals surface area contributed by atoms with Crippen LogP contribution in [0.15, 0.2) is 42.5 Å². The van der Waals surface area contributed by atoms with E-state index in [0.29, 0.717) is 31.5 Å². The van der Waals surface area contributed by atoms with Crippen molar-refractivity contribution in [2.45, 2.75) is 6.61 Å². The first-order chi connectivity index (χ1) is 11.3. The minimum atomic E-state index is 0.0340. The van der Waals surface area contributed by atoms with Gasteiger partial charge < -0.3 is 28.6 Å². The topological polar surface area (TPSA) is 66.4 Å². The van der Waals surface area contributed by atoms with Gasteiger partial charge in [-0.1, -0.05) is 30.3 Å². The molecular weight excluding hydrogens is 299 g/mol. The third-order valence-corrected chi connectivity index (χ3v) is 2.98. The Labute approximate surface area is 135 Å². The maximum Gasteiger partial charge on any atom is 0.569 e. The highest BCUT2D eigenvalue weighted by molar-refractivity contribution is 6.17. The molecule has 0 aromatic heterocycles. The van der Waals surface area contributed by atoms with Crippen molar-refractivity contribution in [2.24, 2.45) is 0 Å². The van der Waals surface area contributed by atoms with Gasteiger partial charge in [0.05, 0.1) is 7.11 Å². The molecule has 0 atom stereocenters. The molecule has 0 amide bonds. The van der Waals surface area contributed by atoms with Crippen LogP contribution >= 0.6 is 0 Å². The number of hydrogen-bond donors (Lipinski definition) is 1. The van der Waals surface area contributed by atoms with E-state index >= 15 is 0 Å². The maximum absolute atomic E-state index is 8.85. The number of methoxy groups -OCH3 is 2. The van der Waals surface area contributed by atoms with Crippen LogP contribution in [0.3, 0.4) is 0 Å². The van der Waals surface area contributed by atoms with Crippen molar-refractivity contribution in [3.05, 3.63) is 48.0 Å². The Morgan fingerprint density at radius 1 is 0.913 bits per heavy atom. The minimum absolute atomic E-state index is 0.0340. The molecule has 121 valence electrons. The lowest BCUT2D eigenvalue weighted by Gasteiger charge is -2.16. The van der Waals surface area contributed by atoms with E-state index in [9.17, 15) is 0 Å². The van der Waals surface area contributed by atoms with Gasteiger partial charge in [-0.05, 0) is 5.56 Å². The molecular formula is C16H18BO6. The third kappa shape index (κ3) is 4.80. The van der Waals surface area contributed by atoms with Crippen molar-refractivity contribution in [1.29, 1.82) is 0 Å². The molecule has 7 heteroatoms. The SMILES string of the molecule is COCOc1cc(OCc2ccccc2)c(OC)cc1O[B]O. The summed E-state index contributed by atoms with van der Waals surface area (Å²) < 4.78 is 26.4. The molecule has 2 aromatic carbocycles. The van der Waals surface area contributed by atoms with Gasteiger partial charge in [0.25, 0.3) is 0 Å². The molecule has 1 N–H and O–H groups in total. The lowest BCUT2D eigenvalue weighted by molar-refractivity contribution is 0.0495. The predicted molar refractivity (Wildman–Crippen MR) is 84.9 cm³/mol. The van der Waals surface area contributed by atoms with Crippen molar-refractivity contribution in [2.75, 3.05) is 21.0 Å². The standard InChI is InChI=1S/C16H18BO6/c1-19-11-22-15-9-14(13(20-2)8-16(15)23-17-18)21-10-12-6-4-3-5-7-12/h3-9,18H,10-11H2,1-2H3. The van der Waals surface area contributed by atoms with Gasteiger partial charge in [-0.15, -0.1) is 0 Å². The van der Waals surface area contributed by atoms with Crippen LogP contribution in [0.25, 0.3) is 0 Å².